The minimum atomic E-state index is -3.55. The van der Waals surface area contributed by atoms with E-state index in [1.54, 1.807) is 7.05 Å². The second-order valence-corrected chi connectivity index (χ2v) is 7.03. The minimum Gasteiger partial charge on any atom is -0.368 e. The van der Waals surface area contributed by atoms with Gasteiger partial charge in [-0.2, -0.15) is 4.31 Å². The van der Waals surface area contributed by atoms with Gasteiger partial charge >= 0.3 is 0 Å². The van der Waals surface area contributed by atoms with Crippen molar-refractivity contribution in [2.45, 2.75) is 30.7 Å². The quantitative estimate of drug-likeness (QED) is 0.833. The van der Waals surface area contributed by atoms with Crippen LogP contribution in [0.2, 0.25) is 0 Å². The van der Waals surface area contributed by atoms with E-state index in [-0.39, 0.29) is 16.9 Å². The number of hydrogen-bond acceptors (Lipinski definition) is 6. The number of nitrogens with two attached hydrogens (primary N) is 1. The third-order valence-electron chi connectivity index (χ3n) is 3.73. The zero-order valence-electron chi connectivity index (χ0n) is 11.9. The molecule has 20 heavy (non-hydrogen) atoms. The predicted molar refractivity (Wildman–Crippen MR) is 76.5 cm³/mol. The van der Waals surface area contributed by atoms with Gasteiger partial charge in [0.15, 0.2) is 0 Å². The third-order valence-corrected chi connectivity index (χ3v) is 5.51. The molecule has 1 unspecified atom stereocenters. The van der Waals surface area contributed by atoms with Crippen LogP contribution in [-0.2, 0) is 10.0 Å². The fourth-order valence-corrected chi connectivity index (χ4v) is 3.65. The summed E-state index contributed by atoms with van der Waals surface area (Å²) in [6.45, 7) is 4.57. The Labute approximate surface area is 119 Å². The zero-order chi connectivity index (χ0) is 14.8. The molecule has 7 nitrogen and oxygen atoms in total. The Morgan fingerprint density at radius 3 is 2.70 bits per heavy atom. The van der Waals surface area contributed by atoms with E-state index in [9.17, 15) is 8.42 Å². The molecule has 0 aromatic carbocycles. The van der Waals surface area contributed by atoms with E-state index in [0.717, 1.165) is 25.9 Å². The summed E-state index contributed by atoms with van der Waals surface area (Å²) in [5.74, 6) is 0.0690. The minimum absolute atomic E-state index is 0.0690. The summed E-state index contributed by atoms with van der Waals surface area (Å²) in [4.78, 5) is 9.87. The molecule has 2 rings (SSSR count). The van der Waals surface area contributed by atoms with Crippen LogP contribution >= 0.6 is 0 Å². The topological polar surface area (TPSA) is 92.4 Å². The Kier molecular flexibility index (Phi) is 4.56. The van der Waals surface area contributed by atoms with E-state index >= 15 is 0 Å². The van der Waals surface area contributed by atoms with Gasteiger partial charge in [-0.05, 0) is 25.9 Å². The molecule has 0 aliphatic carbocycles. The highest BCUT2D eigenvalue weighted by Crippen LogP contribution is 2.20. The number of likely N-dealkylation sites (tertiary alicyclic amines) is 1. The maximum atomic E-state index is 12.4. The van der Waals surface area contributed by atoms with Crippen LogP contribution in [0.4, 0.5) is 5.95 Å². The van der Waals surface area contributed by atoms with Crippen LogP contribution in [0, 0.1) is 0 Å². The Morgan fingerprint density at radius 1 is 1.45 bits per heavy atom. The number of anilines is 1. The lowest BCUT2D eigenvalue weighted by molar-refractivity contribution is 0.237. The van der Waals surface area contributed by atoms with Crippen LogP contribution in [0.1, 0.15) is 19.8 Å². The van der Waals surface area contributed by atoms with E-state index in [1.807, 2.05) is 0 Å². The van der Waals surface area contributed by atoms with Gasteiger partial charge in [0, 0.05) is 19.6 Å². The normalized spacial score (nSPS) is 20.6. The first-order valence-corrected chi connectivity index (χ1v) is 8.17. The highest BCUT2D eigenvalue weighted by molar-refractivity contribution is 7.89. The molecule has 1 saturated heterocycles. The second kappa shape index (κ2) is 6.02. The molecule has 1 aliphatic heterocycles. The van der Waals surface area contributed by atoms with Crippen LogP contribution in [-0.4, -0.2) is 60.3 Å². The Hall–Kier alpha value is -1.25. The molecule has 8 heteroatoms. The van der Waals surface area contributed by atoms with Crippen molar-refractivity contribution in [1.29, 1.82) is 0 Å². The van der Waals surface area contributed by atoms with Crippen LogP contribution in [0.15, 0.2) is 17.3 Å². The molecule has 0 amide bonds. The number of sulfonamides is 1. The van der Waals surface area contributed by atoms with Gasteiger partial charge in [-0.25, -0.2) is 18.4 Å². The summed E-state index contributed by atoms with van der Waals surface area (Å²) in [6.07, 6.45) is 4.66. The summed E-state index contributed by atoms with van der Waals surface area (Å²) >= 11 is 0. The maximum absolute atomic E-state index is 12.4. The average molecular weight is 299 g/mol. The lowest BCUT2D eigenvalue weighted by atomic mass is 10.2. The van der Waals surface area contributed by atoms with E-state index in [1.165, 1.54) is 16.7 Å². The molecule has 112 valence electrons. The monoisotopic (exact) mass is 299 g/mol. The summed E-state index contributed by atoms with van der Waals surface area (Å²) < 4.78 is 26.2. The standard InChI is InChI=1S/C12H21N5O2S/c1-3-17-6-4-5-10(17)9-16(2)20(18,19)11-7-14-12(13)15-8-11/h7-8,10H,3-6,9H2,1-2H3,(H2,13,14,15). The fraction of sp³-hybridized carbons (Fsp3) is 0.667. The van der Waals surface area contributed by atoms with Gasteiger partial charge in [-0.1, -0.05) is 6.92 Å². The van der Waals surface area contributed by atoms with Gasteiger partial charge in [0.2, 0.25) is 16.0 Å². The fourth-order valence-electron chi connectivity index (χ4n) is 2.55. The molecule has 0 radical (unpaired) electrons. The van der Waals surface area contributed by atoms with Crippen molar-refractivity contribution in [3.63, 3.8) is 0 Å². The smallest absolute Gasteiger partial charge is 0.245 e. The first kappa shape index (κ1) is 15.1. The first-order chi connectivity index (χ1) is 9.45. The van der Waals surface area contributed by atoms with Gasteiger partial charge < -0.3 is 5.73 Å². The molecule has 2 heterocycles. The molecule has 1 aromatic rings. The lowest BCUT2D eigenvalue weighted by Gasteiger charge is -2.27. The average Bonchev–Trinajstić information content (AvgIpc) is 2.86. The van der Waals surface area contributed by atoms with Crippen molar-refractivity contribution < 1.29 is 8.42 Å². The van der Waals surface area contributed by atoms with Gasteiger partial charge in [0.05, 0.1) is 12.4 Å². The molecule has 0 bridgehead atoms. The number of aromatic nitrogens is 2. The number of hydrogen-bond donors (Lipinski definition) is 1. The van der Waals surface area contributed by atoms with Crippen LogP contribution in [0.3, 0.4) is 0 Å². The summed E-state index contributed by atoms with van der Waals surface area (Å²) in [6, 6.07) is 0.287. The number of nitrogens with zero attached hydrogens (tertiary/aromatic N) is 4. The number of rotatable bonds is 5. The highest BCUT2D eigenvalue weighted by atomic mass is 32.2. The molecule has 1 aliphatic rings. The van der Waals surface area contributed by atoms with Gasteiger partial charge in [-0.3, -0.25) is 4.90 Å². The predicted octanol–water partition coefficient (Wildman–Crippen LogP) is 0.164. The van der Waals surface area contributed by atoms with E-state index < -0.39 is 10.0 Å². The first-order valence-electron chi connectivity index (χ1n) is 6.73. The zero-order valence-corrected chi connectivity index (χ0v) is 12.7. The third kappa shape index (κ3) is 3.08. The maximum Gasteiger partial charge on any atom is 0.245 e. The van der Waals surface area contributed by atoms with Gasteiger partial charge in [-0.15, -0.1) is 0 Å². The van der Waals surface area contributed by atoms with Gasteiger partial charge in [0.1, 0.15) is 4.90 Å². The van der Waals surface area contributed by atoms with Crippen molar-refractivity contribution in [3.8, 4) is 0 Å². The van der Waals surface area contributed by atoms with E-state index in [2.05, 4.69) is 21.8 Å². The largest absolute Gasteiger partial charge is 0.368 e. The molecule has 0 spiro atoms. The molecule has 2 N–H and O–H groups in total. The molecule has 1 aromatic heterocycles. The number of nitrogen functional groups attached to an aromatic ring is 1. The SMILES string of the molecule is CCN1CCCC1CN(C)S(=O)(=O)c1cnc(N)nc1. The number of likely N-dealkylation sites (N-methyl/N-ethyl adjacent to an activating group) is 2. The van der Waals surface area contributed by atoms with Gasteiger partial charge in [0.25, 0.3) is 0 Å². The molecular formula is C12H21N5O2S. The second-order valence-electron chi connectivity index (χ2n) is 4.99. The summed E-state index contributed by atoms with van der Waals surface area (Å²) in [7, 11) is -1.95. The van der Waals surface area contributed by atoms with Crippen LogP contribution < -0.4 is 5.73 Å². The van der Waals surface area contributed by atoms with Crippen LogP contribution in [0.25, 0.3) is 0 Å². The Bertz CT molecular complexity index is 545. The molecule has 1 fully saturated rings. The molecule has 0 saturated carbocycles. The van der Waals surface area contributed by atoms with E-state index in [0.29, 0.717) is 6.54 Å². The van der Waals surface area contributed by atoms with Crippen molar-refractivity contribution in [2.75, 3.05) is 32.4 Å². The Balaban J connectivity index is 2.11. The van der Waals surface area contributed by atoms with Crippen molar-refractivity contribution >= 4 is 16.0 Å². The lowest BCUT2D eigenvalue weighted by Crippen LogP contribution is -2.41. The van der Waals surface area contributed by atoms with E-state index in [4.69, 9.17) is 5.73 Å². The van der Waals surface area contributed by atoms with Crippen molar-refractivity contribution in [3.05, 3.63) is 12.4 Å². The highest BCUT2D eigenvalue weighted by Gasteiger charge is 2.29. The van der Waals surface area contributed by atoms with Crippen molar-refractivity contribution in [2.24, 2.45) is 0 Å². The summed E-state index contributed by atoms with van der Waals surface area (Å²) in [5, 5.41) is 0. The molecular weight excluding hydrogens is 278 g/mol. The molecule has 1 atom stereocenters. The summed E-state index contributed by atoms with van der Waals surface area (Å²) in [5.41, 5.74) is 5.38. The van der Waals surface area contributed by atoms with Crippen LogP contribution in [0.5, 0.6) is 0 Å². The Morgan fingerprint density at radius 2 is 2.10 bits per heavy atom. The van der Waals surface area contributed by atoms with Crippen molar-refractivity contribution in [1.82, 2.24) is 19.2 Å².